The molecule has 0 atom stereocenters. The molecule has 0 aliphatic heterocycles. The van der Waals surface area contributed by atoms with Gasteiger partial charge in [0.2, 0.25) is 15.9 Å². The lowest BCUT2D eigenvalue weighted by atomic mass is 9.96. The highest BCUT2D eigenvalue weighted by Crippen LogP contribution is 2.35. The van der Waals surface area contributed by atoms with Gasteiger partial charge in [-0.2, -0.15) is 0 Å². The Bertz CT molecular complexity index is 266. The Morgan fingerprint density at radius 3 is 2.15 bits per heavy atom. The molecule has 78 valence electrons. The van der Waals surface area contributed by atoms with Gasteiger partial charge < -0.3 is 0 Å². The van der Waals surface area contributed by atoms with E-state index >= 15 is 0 Å². The van der Waals surface area contributed by atoms with Crippen molar-refractivity contribution in [2.24, 2.45) is 0 Å². The standard InChI is InChI=1S/C7H13F2NO2S/c1-10-13(11,12)6-2-4-7(8,9)5-3-6/h6,10H,2-5H2,1H3. The SMILES string of the molecule is CNS(=O)(=O)C1CCC(F)(F)CC1. The maximum Gasteiger partial charge on any atom is 0.248 e. The van der Waals surface area contributed by atoms with Crippen molar-refractivity contribution in [2.75, 3.05) is 7.05 Å². The summed E-state index contributed by atoms with van der Waals surface area (Å²) in [4.78, 5) is 0. The first-order valence-corrected chi connectivity index (χ1v) is 5.72. The molecule has 1 aliphatic carbocycles. The molecule has 3 nitrogen and oxygen atoms in total. The Morgan fingerprint density at radius 2 is 1.77 bits per heavy atom. The predicted octanol–water partition coefficient (Wildman–Crippen LogP) is 1.11. The second-order valence-corrected chi connectivity index (χ2v) is 5.47. The molecule has 0 spiro atoms. The van der Waals surface area contributed by atoms with Crippen molar-refractivity contribution in [3.05, 3.63) is 0 Å². The summed E-state index contributed by atoms with van der Waals surface area (Å²) in [7, 11) is -2.05. The highest BCUT2D eigenvalue weighted by atomic mass is 32.2. The van der Waals surface area contributed by atoms with E-state index in [4.69, 9.17) is 0 Å². The summed E-state index contributed by atoms with van der Waals surface area (Å²) >= 11 is 0. The lowest BCUT2D eigenvalue weighted by Gasteiger charge is -2.27. The van der Waals surface area contributed by atoms with Crippen molar-refractivity contribution >= 4 is 10.0 Å². The van der Waals surface area contributed by atoms with Crippen LogP contribution in [0.4, 0.5) is 8.78 Å². The molecule has 0 amide bonds. The molecule has 13 heavy (non-hydrogen) atoms. The fraction of sp³-hybridized carbons (Fsp3) is 1.00. The summed E-state index contributed by atoms with van der Waals surface area (Å²) < 4.78 is 49.9. The summed E-state index contributed by atoms with van der Waals surface area (Å²) in [5.41, 5.74) is 0. The second-order valence-electron chi connectivity index (χ2n) is 3.30. The zero-order valence-electron chi connectivity index (χ0n) is 7.39. The van der Waals surface area contributed by atoms with E-state index in [0.717, 1.165) is 0 Å². The van der Waals surface area contributed by atoms with Crippen molar-refractivity contribution in [3.63, 3.8) is 0 Å². The molecule has 0 saturated heterocycles. The van der Waals surface area contributed by atoms with Crippen LogP contribution in [0.5, 0.6) is 0 Å². The summed E-state index contributed by atoms with van der Waals surface area (Å²) in [5, 5.41) is -0.642. The molecule has 0 unspecified atom stereocenters. The zero-order valence-corrected chi connectivity index (χ0v) is 8.20. The minimum atomic E-state index is -3.35. The molecular formula is C7H13F2NO2S. The normalized spacial score (nSPS) is 24.5. The first-order chi connectivity index (χ1) is 5.87. The average Bonchev–Trinajstić information content (AvgIpc) is 2.04. The third-order valence-electron chi connectivity index (χ3n) is 2.39. The van der Waals surface area contributed by atoms with Gasteiger partial charge in [0.1, 0.15) is 0 Å². The Balaban J connectivity index is 2.61. The van der Waals surface area contributed by atoms with Crippen molar-refractivity contribution < 1.29 is 17.2 Å². The molecule has 1 N–H and O–H groups in total. The molecule has 0 heterocycles. The van der Waals surface area contributed by atoms with Gasteiger partial charge in [0.25, 0.3) is 0 Å². The van der Waals surface area contributed by atoms with Crippen LogP contribution in [-0.4, -0.2) is 26.6 Å². The molecule has 0 radical (unpaired) electrons. The van der Waals surface area contributed by atoms with Crippen LogP contribution in [0.2, 0.25) is 0 Å². The number of sulfonamides is 1. The Morgan fingerprint density at radius 1 is 1.31 bits per heavy atom. The molecule has 0 aromatic rings. The van der Waals surface area contributed by atoms with Crippen LogP contribution in [0.25, 0.3) is 0 Å². The van der Waals surface area contributed by atoms with Gasteiger partial charge >= 0.3 is 0 Å². The van der Waals surface area contributed by atoms with Crippen molar-refractivity contribution in [1.29, 1.82) is 0 Å². The Kier molecular flexibility index (Phi) is 2.91. The van der Waals surface area contributed by atoms with Crippen molar-refractivity contribution in [3.8, 4) is 0 Å². The van der Waals surface area contributed by atoms with Crippen LogP contribution in [0.3, 0.4) is 0 Å². The number of hydrogen-bond donors (Lipinski definition) is 1. The van der Waals surface area contributed by atoms with Crippen LogP contribution in [0.1, 0.15) is 25.7 Å². The van der Waals surface area contributed by atoms with Crippen LogP contribution in [0, 0.1) is 0 Å². The number of hydrogen-bond acceptors (Lipinski definition) is 2. The van der Waals surface area contributed by atoms with Gasteiger partial charge in [-0.3, -0.25) is 0 Å². The maximum absolute atomic E-state index is 12.7. The zero-order chi connectivity index (χ0) is 10.1. The number of halogens is 2. The second kappa shape index (κ2) is 3.49. The van der Waals surface area contributed by atoms with Crippen molar-refractivity contribution in [2.45, 2.75) is 36.9 Å². The van der Waals surface area contributed by atoms with Gasteiger partial charge in [-0.15, -0.1) is 0 Å². The maximum atomic E-state index is 12.7. The fourth-order valence-electron chi connectivity index (χ4n) is 1.49. The third kappa shape index (κ3) is 2.60. The number of alkyl halides is 2. The smallest absolute Gasteiger partial charge is 0.218 e. The summed E-state index contributed by atoms with van der Waals surface area (Å²) in [6.45, 7) is 0. The van der Waals surface area contributed by atoms with E-state index < -0.39 is 21.2 Å². The summed E-state index contributed by atoms with van der Waals surface area (Å²) in [6, 6.07) is 0. The van der Waals surface area contributed by atoms with E-state index in [1.807, 2.05) is 0 Å². The van der Waals surface area contributed by atoms with Gasteiger partial charge in [0.05, 0.1) is 5.25 Å². The van der Waals surface area contributed by atoms with Crippen LogP contribution < -0.4 is 4.72 Å². The van der Waals surface area contributed by atoms with E-state index in [-0.39, 0.29) is 25.7 Å². The molecule has 1 saturated carbocycles. The predicted molar refractivity (Wildman–Crippen MR) is 45.2 cm³/mol. The van der Waals surface area contributed by atoms with Gasteiger partial charge in [0, 0.05) is 12.8 Å². The van der Waals surface area contributed by atoms with E-state index in [2.05, 4.69) is 4.72 Å². The quantitative estimate of drug-likeness (QED) is 0.747. The summed E-state index contributed by atoms with van der Waals surface area (Å²) in [5.74, 6) is -2.67. The average molecular weight is 213 g/mol. The number of nitrogens with one attached hydrogen (secondary N) is 1. The molecule has 1 rings (SSSR count). The van der Waals surface area contributed by atoms with E-state index in [1.165, 1.54) is 7.05 Å². The highest BCUT2D eigenvalue weighted by Gasteiger charge is 2.39. The minimum Gasteiger partial charge on any atom is -0.218 e. The van der Waals surface area contributed by atoms with Gasteiger partial charge in [-0.25, -0.2) is 21.9 Å². The topological polar surface area (TPSA) is 46.2 Å². The Hall–Kier alpha value is -0.230. The fourth-order valence-corrected chi connectivity index (χ4v) is 2.68. The molecule has 0 bridgehead atoms. The van der Waals surface area contributed by atoms with E-state index in [0.29, 0.717) is 0 Å². The molecular weight excluding hydrogens is 200 g/mol. The summed E-state index contributed by atoms with van der Waals surface area (Å²) in [6.07, 6.45) is -0.538. The highest BCUT2D eigenvalue weighted by molar-refractivity contribution is 7.90. The molecule has 1 aliphatic rings. The molecule has 1 fully saturated rings. The molecule has 0 aromatic heterocycles. The first kappa shape index (κ1) is 10.8. The van der Waals surface area contributed by atoms with E-state index in [9.17, 15) is 17.2 Å². The third-order valence-corrected chi connectivity index (χ3v) is 4.31. The Labute approximate surface area is 76.6 Å². The van der Waals surface area contributed by atoms with E-state index in [1.54, 1.807) is 0 Å². The van der Waals surface area contributed by atoms with Crippen LogP contribution in [0.15, 0.2) is 0 Å². The van der Waals surface area contributed by atoms with Gasteiger partial charge in [0.15, 0.2) is 0 Å². The van der Waals surface area contributed by atoms with Crippen molar-refractivity contribution in [1.82, 2.24) is 4.72 Å². The lowest BCUT2D eigenvalue weighted by molar-refractivity contribution is -0.0329. The number of rotatable bonds is 2. The monoisotopic (exact) mass is 213 g/mol. The van der Waals surface area contributed by atoms with Crippen LogP contribution >= 0.6 is 0 Å². The molecule has 0 aromatic carbocycles. The van der Waals surface area contributed by atoms with Gasteiger partial charge in [-0.05, 0) is 19.9 Å². The molecule has 6 heteroatoms. The van der Waals surface area contributed by atoms with Gasteiger partial charge in [-0.1, -0.05) is 0 Å². The van der Waals surface area contributed by atoms with Crippen LogP contribution in [-0.2, 0) is 10.0 Å². The lowest BCUT2D eigenvalue weighted by Crippen LogP contribution is -2.37. The minimum absolute atomic E-state index is 0.0518. The largest absolute Gasteiger partial charge is 0.248 e. The first-order valence-electron chi connectivity index (χ1n) is 4.17.